The van der Waals surface area contributed by atoms with Crippen molar-refractivity contribution in [3.8, 4) is 0 Å². The number of nitrogens with one attached hydrogen (secondary N) is 2. The Labute approximate surface area is 218 Å². The van der Waals surface area contributed by atoms with Crippen LogP contribution >= 0.6 is 0 Å². The smallest absolute Gasteiger partial charge is 0.108 e. The van der Waals surface area contributed by atoms with E-state index in [4.69, 9.17) is 0 Å². The van der Waals surface area contributed by atoms with Gasteiger partial charge in [0.2, 0.25) is 0 Å². The Bertz CT molecular complexity index is 1280. The molecule has 6 heteroatoms. The van der Waals surface area contributed by atoms with E-state index in [1.807, 2.05) is 121 Å². The maximum absolute atomic E-state index is 10.0. The van der Waals surface area contributed by atoms with E-state index in [0.29, 0.717) is 18.0 Å². The lowest BCUT2D eigenvalue weighted by atomic mass is 9.95. The van der Waals surface area contributed by atoms with Gasteiger partial charge in [-0.2, -0.15) is 0 Å². The zero-order chi connectivity index (χ0) is 25.9. The minimum absolute atomic E-state index is 0.0346. The van der Waals surface area contributed by atoms with Crippen LogP contribution in [0.2, 0.25) is 0 Å². The second-order valence-electron chi connectivity index (χ2n) is 8.87. The third kappa shape index (κ3) is 6.70. The standard InChI is InChI=1S/C31H32N4O2/c1-23(33-29(25-16-8-3-9-17-25)31(35-37)27-20-12-5-13-21-27)22-32-28(24-14-6-2-7-15-24)30(34-36)26-18-10-4-11-19-26/h2-21,23,28-29,32-33,36-37H,22H2,1H3. The average molecular weight is 493 g/mol. The van der Waals surface area contributed by atoms with Crippen molar-refractivity contribution < 1.29 is 10.4 Å². The summed E-state index contributed by atoms with van der Waals surface area (Å²) in [6, 6.07) is 38.5. The third-order valence-electron chi connectivity index (χ3n) is 6.25. The first kappa shape index (κ1) is 25.8. The molecule has 0 spiro atoms. The topological polar surface area (TPSA) is 89.2 Å². The quantitative estimate of drug-likeness (QED) is 0.121. The fourth-order valence-corrected chi connectivity index (χ4v) is 4.42. The van der Waals surface area contributed by atoms with Crippen LogP contribution in [-0.2, 0) is 0 Å². The van der Waals surface area contributed by atoms with Gasteiger partial charge in [0.05, 0.1) is 12.1 Å². The molecule has 6 nitrogen and oxygen atoms in total. The van der Waals surface area contributed by atoms with Crippen LogP contribution in [0.15, 0.2) is 132 Å². The molecule has 4 aromatic carbocycles. The maximum Gasteiger partial charge on any atom is 0.108 e. The Kier molecular flexibility index (Phi) is 9.18. The molecular formula is C31H32N4O2. The number of hydrogen-bond acceptors (Lipinski definition) is 6. The van der Waals surface area contributed by atoms with E-state index in [1.165, 1.54) is 0 Å². The van der Waals surface area contributed by atoms with Crippen molar-refractivity contribution in [2.24, 2.45) is 10.3 Å². The van der Waals surface area contributed by atoms with Gasteiger partial charge in [-0.3, -0.25) is 0 Å². The second-order valence-corrected chi connectivity index (χ2v) is 8.87. The molecule has 3 atom stereocenters. The van der Waals surface area contributed by atoms with Crippen molar-refractivity contribution in [2.75, 3.05) is 6.54 Å². The minimum Gasteiger partial charge on any atom is -0.411 e. The van der Waals surface area contributed by atoms with E-state index < -0.39 is 0 Å². The van der Waals surface area contributed by atoms with Crippen molar-refractivity contribution in [1.82, 2.24) is 10.6 Å². The molecule has 0 fully saturated rings. The highest BCUT2D eigenvalue weighted by atomic mass is 16.4. The van der Waals surface area contributed by atoms with Crippen molar-refractivity contribution in [1.29, 1.82) is 0 Å². The lowest BCUT2D eigenvalue weighted by Crippen LogP contribution is -2.43. The lowest BCUT2D eigenvalue weighted by molar-refractivity contribution is 0.313. The van der Waals surface area contributed by atoms with Gasteiger partial charge in [0.1, 0.15) is 11.4 Å². The van der Waals surface area contributed by atoms with Crippen LogP contribution in [0.3, 0.4) is 0 Å². The number of hydrogen-bond donors (Lipinski definition) is 4. The Hall–Kier alpha value is -4.26. The molecule has 0 aliphatic rings. The van der Waals surface area contributed by atoms with E-state index in [1.54, 1.807) is 0 Å². The largest absolute Gasteiger partial charge is 0.411 e. The predicted octanol–water partition coefficient (Wildman–Crippen LogP) is 5.79. The SMILES string of the molecule is CC(CNC(C(=NO)c1ccccc1)c1ccccc1)NC(C(=NO)c1ccccc1)c1ccccc1. The van der Waals surface area contributed by atoms with Gasteiger partial charge < -0.3 is 21.0 Å². The number of rotatable bonds is 11. The molecule has 4 N–H and O–H groups in total. The van der Waals surface area contributed by atoms with Crippen LogP contribution in [0, 0.1) is 0 Å². The third-order valence-corrected chi connectivity index (χ3v) is 6.25. The summed E-state index contributed by atoms with van der Waals surface area (Å²) in [4.78, 5) is 0. The van der Waals surface area contributed by atoms with Gasteiger partial charge in [-0.15, -0.1) is 0 Å². The summed E-state index contributed by atoms with van der Waals surface area (Å²) < 4.78 is 0. The molecule has 4 aromatic rings. The maximum atomic E-state index is 10.0. The van der Waals surface area contributed by atoms with E-state index in [9.17, 15) is 10.4 Å². The zero-order valence-corrected chi connectivity index (χ0v) is 20.8. The molecule has 0 radical (unpaired) electrons. The fraction of sp³-hybridized carbons (Fsp3) is 0.161. The van der Waals surface area contributed by atoms with Crippen LogP contribution in [-0.4, -0.2) is 34.4 Å². The van der Waals surface area contributed by atoms with Crippen LogP contribution in [0.5, 0.6) is 0 Å². The molecule has 0 aliphatic carbocycles. The summed E-state index contributed by atoms with van der Waals surface area (Å²) >= 11 is 0. The molecule has 0 bridgehead atoms. The second kappa shape index (κ2) is 13.2. The predicted molar refractivity (Wildman–Crippen MR) is 148 cm³/mol. The van der Waals surface area contributed by atoms with Crippen molar-refractivity contribution in [3.63, 3.8) is 0 Å². The number of oxime groups is 2. The molecule has 4 rings (SSSR count). The molecule has 0 aliphatic heterocycles. The summed E-state index contributed by atoms with van der Waals surface area (Å²) in [5, 5.41) is 34.6. The van der Waals surface area contributed by atoms with Crippen molar-refractivity contribution >= 4 is 11.4 Å². The summed E-state index contributed by atoms with van der Waals surface area (Å²) in [5.74, 6) is 0. The first-order valence-corrected chi connectivity index (χ1v) is 12.3. The average Bonchev–Trinajstić information content (AvgIpc) is 2.97. The van der Waals surface area contributed by atoms with Gasteiger partial charge in [-0.05, 0) is 18.1 Å². The first-order chi connectivity index (χ1) is 18.2. The van der Waals surface area contributed by atoms with Crippen molar-refractivity contribution in [3.05, 3.63) is 144 Å². The molecular weight excluding hydrogens is 460 g/mol. The van der Waals surface area contributed by atoms with Gasteiger partial charge in [0.15, 0.2) is 0 Å². The van der Waals surface area contributed by atoms with E-state index >= 15 is 0 Å². The molecule has 0 amide bonds. The van der Waals surface area contributed by atoms with Crippen LogP contribution in [0.4, 0.5) is 0 Å². The molecule has 188 valence electrons. The first-order valence-electron chi connectivity index (χ1n) is 12.3. The Morgan fingerprint density at radius 3 is 1.41 bits per heavy atom. The summed E-state index contributed by atoms with van der Waals surface area (Å²) in [7, 11) is 0. The molecule has 0 saturated heterocycles. The van der Waals surface area contributed by atoms with E-state index in [0.717, 1.165) is 22.3 Å². The molecule has 3 unspecified atom stereocenters. The summed E-state index contributed by atoms with van der Waals surface area (Å²) in [6.45, 7) is 2.63. The zero-order valence-electron chi connectivity index (χ0n) is 20.8. The minimum atomic E-state index is -0.333. The number of nitrogens with zero attached hydrogens (tertiary/aromatic N) is 2. The van der Waals surface area contributed by atoms with Crippen LogP contribution in [0.1, 0.15) is 41.3 Å². The Morgan fingerprint density at radius 2 is 0.973 bits per heavy atom. The lowest BCUT2D eigenvalue weighted by Gasteiger charge is -2.27. The van der Waals surface area contributed by atoms with Gasteiger partial charge in [0, 0.05) is 23.7 Å². The van der Waals surface area contributed by atoms with E-state index in [-0.39, 0.29) is 18.1 Å². The normalized spacial score (nSPS) is 14.6. The molecule has 37 heavy (non-hydrogen) atoms. The van der Waals surface area contributed by atoms with Crippen LogP contribution < -0.4 is 10.6 Å². The van der Waals surface area contributed by atoms with E-state index in [2.05, 4.69) is 27.9 Å². The highest BCUT2D eigenvalue weighted by molar-refractivity contribution is 6.05. The van der Waals surface area contributed by atoms with Gasteiger partial charge in [-0.25, -0.2) is 0 Å². The monoisotopic (exact) mass is 492 g/mol. The molecule has 0 saturated carbocycles. The fourth-order valence-electron chi connectivity index (χ4n) is 4.42. The molecule has 0 aromatic heterocycles. The van der Waals surface area contributed by atoms with Crippen molar-refractivity contribution in [2.45, 2.75) is 25.0 Å². The van der Waals surface area contributed by atoms with Gasteiger partial charge >= 0.3 is 0 Å². The summed E-state index contributed by atoms with van der Waals surface area (Å²) in [5.41, 5.74) is 4.75. The van der Waals surface area contributed by atoms with Gasteiger partial charge in [-0.1, -0.05) is 132 Å². The Morgan fingerprint density at radius 1 is 0.595 bits per heavy atom. The van der Waals surface area contributed by atoms with Gasteiger partial charge in [0.25, 0.3) is 0 Å². The van der Waals surface area contributed by atoms with Crippen LogP contribution in [0.25, 0.3) is 0 Å². The molecule has 0 heterocycles. The summed E-state index contributed by atoms with van der Waals surface area (Å²) in [6.07, 6.45) is 0. The number of benzene rings is 4. The highest BCUT2D eigenvalue weighted by Gasteiger charge is 2.25. The highest BCUT2D eigenvalue weighted by Crippen LogP contribution is 2.22. The Balaban J connectivity index is 1.57.